The Labute approximate surface area is 65.0 Å². The topological polar surface area (TPSA) is 43.4 Å². The van der Waals surface area contributed by atoms with E-state index < -0.39 is 11.4 Å². The molecule has 1 rings (SSSR count). The lowest BCUT2D eigenvalue weighted by molar-refractivity contribution is -0.145. The van der Waals surface area contributed by atoms with Gasteiger partial charge in [0.05, 0.1) is 0 Å². The van der Waals surface area contributed by atoms with Crippen molar-refractivity contribution in [1.29, 1.82) is 0 Å². The molecule has 1 aliphatic heterocycles. The molecule has 0 radical (unpaired) electrons. The number of hydrogen-bond acceptors (Lipinski definition) is 3. The number of carbonyl (C=O) groups is 2. The lowest BCUT2D eigenvalue weighted by Crippen LogP contribution is -2.29. The van der Waals surface area contributed by atoms with E-state index in [9.17, 15) is 9.59 Å². The van der Waals surface area contributed by atoms with Gasteiger partial charge in [0.25, 0.3) is 0 Å². The lowest BCUT2D eigenvalue weighted by Gasteiger charge is -2.13. The smallest absolute Gasteiger partial charge is 0.320 e. The third-order valence-electron chi connectivity index (χ3n) is 1.95. The van der Waals surface area contributed by atoms with Crippen LogP contribution in [0.4, 0.5) is 0 Å². The van der Waals surface area contributed by atoms with E-state index >= 15 is 0 Å². The number of carbonyl (C=O) groups excluding carboxylic acids is 2. The average molecular weight is 154 g/mol. The van der Waals surface area contributed by atoms with Crippen molar-refractivity contribution in [3.05, 3.63) is 12.7 Å². The summed E-state index contributed by atoms with van der Waals surface area (Å²) in [4.78, 5) is 22.1. The van der Waals surface area contributed by atoms with E-state index in [1.807, 2.05) is 0 Å². The van der Waals surface area contributed by atoms with Gasteiger partial charge in [-0.15, -0.1) is 6.58 Å². The van der Waals surface area contributed by atoms with Gasteiger partial charge in [0, 0.05) is 0 Å². The first-order valence-electron chi connectivity index (χ1n) is 3.42. The van der Waals surface area contributed by atoms with Crippen LogP contribution in [0.5, 0.6) is 0 Å². The van der Waals surface area contributed by atoms with Crippen molar-refractivity contribution in [3.63, 3.8) is 0 Å². The van der Waals surface area contributed by atoms with Gasteiger partial charge in [0.1, 0.15) is 5.41 Å². The molecule has 3 heteroatoms. The minimum absolute atomic E-state index is 0.0802. The number of cyclic esters (lactones) is 1. The number of ketones is 1. The van der Waals surface area contributed by atoms with Crippen LogP contribution in [0.15, 0.2) is 12.7 Å². The number of esters is 1. The van der Waals surface area contributed by atoms with Crippen LogP contribution in [-0.2, 0) is 14.3 Å². The molecule has 0 spiro atoms. The van der Waals surface area contributed by atoms with Gasteiger partial charge in [-0.25, -0.2) is 0 Å². The highest BCUT2D eigenvalue weighted by Crippen LogP contribution is 2.29. The fourth-order valence-electron chi connectivity index (χ4n) is 1.05. The van der Waals surface area contributed by atoms with E-state index in [4.69, 9.17) is 0 Å². The Hall–Kier alpha value is -1.12. The molecule has 1 unspecified atom stereocenters. The first kappa shape index (κ1) is 7.98. The monoisotopic (exact) mass is 154 g/mol. The maximum absolute atomic E-state index is 11.1. The molecule has 1 atom stereocenters. The third kappa shape index (κ3) is 1.06. The first-order valence-corrected chi connectivity index (χ1v) is 3.42. The second-order valence-electron chi connectivity index (χ2n) is 2.82. The van der Waals surface area contributed by atoms with E-state index in [1.54, 1.807) is 13.0 Å². The Kier molecular flexibility index (Phi) is 1.81. The van der Waals surface area contributed by atoms with Gasteiger partial charge in [-0.05, 0) is 13.3 Å². The lowest BCUT2D eigenvalue weighted by atomic mass is 9.84. The summed E-state index contributed by atoms with van der Waals surface area (Å²) in [6.45, 7) is 4.99. The van der Waals surface area contributed by atoms with Crippen LogP contribution in [-0.4, -0.2) is 18.4 Å². The molecule has 0 N–H and O–H groups in total. The average Bonchev–Trinajstić information content (AvgIpc) is 2.19. The van der Waals surface area contributed by atoms with Crippen molar-refractivity contribution in [1.82, 2.24) is 0 Å². The van der Waals surface area contributed by atoms with Crippen LogP contribution in [0.1, 0.15) is 13.3 Å². The Bertz CT molecular complexity index is 201. The maximum Gasteiger partial charge on any atom is 0.320 e. The van der Waals surface area contributed by atoms with Crippen LogP contribution in [0.25, 0.3) is 0 Å². The van der Waals surface area contributed by atoms with Crippen LogP contribution >= 0.6 is 0 Å². The van der Waals surface area contributed by atoms with Crippen LogP contribution in [0, 0.1) is 5.41 Å². The highest BCUT2D eigenvalue weighted by atomic mass is 16.5. The molecule has 0 bridgehead atoms. The molecule has 0 aromatic rings. The van der Waals surface area contributed by atoms with Crippen molar-refractivity contribution in [2.24, 2.45) is 5.41 Å². The summed E-state index contributed by atoms with van der Waals surface area (Å²) in [5.41, 5.74) is -0.957. The highest BCUT2D eigenvalue weighted by molar-refractivity contribution is 6.08. The number of Topliss-reactive ketones (excluding diaryl/α,β-unsaturated/α-hetero) is 1. The van der Waals surface area contributed by atoms with Crippen molar-refractivity contribution < 1.29 is 14.3 Å². The molecule has 1 heterocycles. The van der Waals surface area contributed by atoms with E-state index in [-0.39, 0.29) is 12.4 Å². The summed E-state index contributed by atoms with van der Waals surface area (Å²) in [5, 5.41) is 0. The molecule has 0 saturated carbocycles. The number of hydrogen-bond donors (Lipinski definition) is 0. The molecule has 0 amide bonds. The fourth-order valence-corrected chi connectivity index (χ4v) is 1.05. The summed E-state index contributed by atoms with van der Waals surface area (Å²) in [5.74, 6) is -0.579. The highest BCUT2D eigenvalue weighted by Gasteiger charge is 2.46. The summed E-state index contributed by atoms with van der Waals surface area (Å²) < 4.78 is 4.60. The molecule has 1 fully saturated rings. The molecule has 1 aliphatic rings. The van der Waals surface area contributed by atoms with E-state index in [2.05, 4.69) is 11.3 Å². The number of ether oxygens (including phenoxy) is 1. The van der Waals surface area contributed by atoms with E-state index in [0.29, 0.717) is 6.42 Å². The van der Waals surface area contributed by atoms with Gasteiger partial charge in [0.15, 0.2) is 12.4 Å². The minimum Gasteiger partial charge on any atom is -0.457 e. The van der Waals surface area contributed by atoms with Crippen LogP contribution in [0.2, 0.25) is 0 Å². The van der Waals surface area contributed by atoms with Crippen molar-refractivity contribution in [2.75, 3.05) is 6.61 Å². The molecular weight excluding hydrogens is 144 g/mol. The second-order valence-corrected chi connectivity index (χ2v) is 2.82. The predicted octanol–water partition coefficient (Wildman–Crippen LogP) is 0.695. The molecule has 11 heavy (non-hydrogen) atoms. The molecular formula is C8H10O3. The summed E-state index contributed by atoms with van der Waals surface area (Å²) in [6, 6.07) is 0. The Morgan fingerprint density at radius 1 is 1.73 bits per heavy atom. The SMILES string of the molecule is C=CCC1(C)C(=O)COC1=O. The summed E-state index contributed by atoms with van der Waals surface area (Å²) in [7, 11) is 0. The van der Waals surface area contributed by atoms with Gasteiger partial charge < -0.3 is 4.74 Å². The molecule has 0 aliphatic carbocycles. The molecule has 0 aromatic carbocycles. The van der Waals surface area contributed by atoms with Gasteiger partial charge in [0.2, 0.25) is 0 Å². The standard InChI is InChI=1S/C8H10O3/c1-3-4-8(2)6(9)5-11-7(8)10/h3H,1,4-5H2,2H3. The predicted molar refractivity (Wildman–Crippen MR) is 38.9 cm³/mol. The van der Waals surface area contributed by atoms with Crippen molar-refractivity contribution >= 4 is 11.8 Å². The summed E-state index contributed by atoms with van der Waals surface area (Å²) >= 11 is 0. The van der Waals surface area contributed by atoms with Gasteiger partial charge >= 0.3 is 5.97 Å². The third-order valence-corrected chi connectivity index (χ3v) is 1.95. The number of rotatable bonds is 2. The maximum atomic E-state index is 11.1. The minimum atomic E-state index is -0.957. The Morgan fingerprint density at radius 2 is 2.36 bits per heavy atom. The first-order chi connectivity index (χ1) is 5.11. The molecule has 1 saturated heterocycles. The van der Waals surface area contributed by atoms with Crippen LogP contribution in [0.3, 0.4) is 0 Å². The molecule has 0 aromatic heterocycles. The number of allylic oxidation sites excluding steroid dienone is 1. The molecule has 3 nitrogen and oxygen atoms in total. The van der Waals surface area contributed by atoms with Crippen molar-refractivity contribution in [3.8, 4) is 0 Å². The van der Waals surface area contributed by atoms with E-state index in [0.717, 1.165) is 0 Å². The van der Waals surface area contributed by atoms with Crippen LogP contribution < -0.4 is 0 Å². The van der Waals surface area contributed by atoms with E-state index in [1.165, 1.54) is 0 Å². The zero-order valence-electron chi connectivity index (χ0n) is 6.42. The quantitative estimate of drug-likeness (QED) is 0.334. The molecule has 60 valence electrons. The van der Waals surface area contributed by atoms with Gasteiger partial charge in [-0.1, -0.05) is 6.08 Å². The Morgan fingerprint density at radius 3 is 2.73 bits per heavy atom. The Balaban J connectivity index is 2.88. The fraction of sp³-hybridized carbons (Fsp3) is 0.500. The van der Waals surface area contributed by atoms with Gasteiger partial charge in [-0.2, -0.15) is 0 Å². The largest absolute Gasteiger partial charge is 0.457 e. The normalized spacial score (nSPS) is 30.3. The zero-order valence-corrected chi connectivity index (χ0v) is 6.42. The van der Waals surface area contributed by atoms with Gasteiger partial charge in [-0.3, -0.25) is 9.59 Å². The zero-order chi connectivity index (χ0) is 8.48. The van der Waals surface area contributed by atoms with Crippen molar-refractivity contribution in [2.45, 2.75) is 13.3 Å². The second kappa shape index (κ2) is 2.49. The summed E-state index contributed by atoms with van der Waals surface area (Å²) in [6.07, 6.45) is 1.93.